The zero-order valence-corrected chi connectivity index (χ0v) is 23.2. The van der Waals surface area contributed by atoms with Gasteiger partial charge in [-0.3, -0.25) is 0 Å². The molecule has 3 aromatic heterocycles. The SMILES string of the molecule is c1ccc(-c2nc(-c3ccc(-c4cncnc4)cc3)cc(-c3ccc(-n4c5ccccc5c5ccccc54)cc3)n2)cc1. The van der Waals surface area contributed by atoms with Crippen molar-refractivity contribution in [3.05, 3.63) is 152 Å². The minimum Gasteiger partial charge on any atom is -0.309 e. The molecule has 0 spiro atoms. The molecule has 8 aromatic rings. The molecule has 0 aliphatic carbocycles. The highest BCUT2D eigenvalue weighted by Gasteiger charge is 2.14. The Balaban J connectivity index is 1.22. The van der Waals surface area contributed by atoms with Crippen LogP contribution in [0, 0.1) is 0 Å². The van der Waals surface area contributed by atoms with Crippen LogP contribution in [0.1, 0.15) is 0 Å². The van der Waals surface area contributed by atoms with E-state index in [9.17, 15) is 0 Å². The standard InChI is InChI=1S/C38H25N5/c1-2-8-29(9-3-1)38-41-34(27-16-14-26(15-17-27)30-23-39-25-40-24-30)22-35(42-38)28-18-20-31(21-19-28)43-36-12-6-4-10-32(36)33-11-5-7-13-37(33)43/h1-25H. The van der Waals surface area contributed by atoms with Gasteiger partial charge in [-0.1, -0.05) is 103 Å². The lowest BCUT2D eigenvalue weighted by atomic mass is 10.0. The van der Waals surface area contributed by atoms with Crippen molar-refractivity contribution >= 4 is 21.8 Å². The van der Waals surface area contributed by atoms with E-state index in [1.54, 1.807) is 6.33 Å². The van der Waals surface area contributed by atoms with Crippen LogP contribution in [0.5, 0.6) is 0 Å². The summed E-state index contributed by atoms with van der Waals surface area (Å²) in [7, 11) is 0. The van der Waals surface area contributed by atoms with Crippen molar-refractivity contribution in [3.8, 4) is 50.7 Å². The van der Waals surface area contributed by atoms with Gasteiger partial charge in [-0.2, -0.15) is 0 Å². The molecule has 0 aliphatic heterocycles. The van der Waals surface area contributed by atoms with Crippen LogP contribution in [-0.4, -0.2) is 24.5 Å². The normalized spacial score (nSPS) is 11.3. The smallest absolute Gasteiger partial charge is 0.160 e. The van der Waals surface area contributed by atoms with Gasteiger partial charge in [0.1, 0.15) is 6.33 Å². The molecule has 43 heavy (non-hydrogen) atoms. The fourth-order valence-corrected chi connectivity index (χ4v) is 5.72. The van der Waals surface area contributed by atoms with E-state index >= 15 is 0 Å². The lowest BCUT2D eigenvalue weighted by molar-refractivity contribution is 1.17. The topological polar surface area (TPSA) is 56.5 Å². The van der Waals surface area contributed by atoms with Gasteiger partial charge in [0.15, 0.2) is 5.82 Å². The minimum atomic E-state index is 0.695. The van der Waals surface area contributed by atoms with E-state index in [2.05, 4.69) is 118 Å². The van der Waals surface area contributed by atoms with E-state index in [1.165, 1.54) is 21.8 Å². The van der Waals surface area contributed by atoms with Gasteiger partial charge in [0.25, 0.3) is 0 Å². The number of benzene rings is 5. The van der Waals surface area contributed by atoms with E-state index in [-0.39, 0.29) is 0 Å². The maximum absolute atomic E-state index is 5.02. The largest absolute Gasteiger partial charge is 0.309 e. The van der Waals surface area contributed by atoms with Gasteiger partial charge >= 0.3 is 0 Å². The quantitative estimate of drug-likeness (QED) is 0.214. The van der Waals surface area contributed by atoms with Gasteiger partial charge in [0, 0.05) is 51.1 Å². The molecule has 0 bridgehead atoms. The Morgan fingerprint density at radius 2 is 0.930 bits per heavy atom. The predicted octanol–water partition coefficient (Wildman–Crippen LogP) is 9.03. The Labute approximate surface area is 248 Å². The van der Waals surface area contributed by atoms with E-state index in [4.69, 9.17) is 9.97 Å². The monoisotopic (exact) mass is 551 g/mol. The van der Waals surface area contributed by atoms with E-state index in [0.29, 0.717) is 5.82 Å². The second kappa shape index (κ2) is 10.5. The first-order chi connectivity index (χ1) is 21.3. The Bertz CT molecular complexity index is 2150. The molecule has 0 saturated heterocycles. The second-order valence-electron chi connectivity index (χ2n) is 10.4. The van der Waals surface area contributed by atoms with E-state index in [1.807, 2.05) is 42.7 Å². The molecule has 0 amide bonds. The average molecular weight is 552 g/mol. The van der Waals surface area contributed by atoms with Crippen LogP contribution in [-0.2, 0) is 0 Å². The fourth-order valence-electron chi connectivity index (χ4n) is 5.72. The summed E-state index contributed by atoms with van der Waals surface area (Å²) in [6.07, 6.45) is 5.18. The highest BCUT2D eigenvalue weighted by molar-refractivity contribution is 6.09. The molecule has 0 fully saturated rings. The summed E-state index contributed by atoms with van der Waals surface area (Å²) >= 11 is 0. The zero-order valence-electron chi connectivity index (χ0n) is 23.2. The molecule has 0 aliphatic rings. The molecule has 0 N–H and O–H groups in total. The number of rotatable bonds is 5. The molecule has 202 valence electrons. The molecule has 3 heterocycles. The predicted molar refractivity (Wildman–Crippen MR) is 174 cm³/mol. The first kappa shape index (κ1) is 24.8. The van der Waals surface area contributed by atoms with Crippen molar-refractivity contribution in [2.45, 2.75) is 0 Å². The summed E-state index contributed by atoms with van der Waals surface area (Å²) in [6.45, 7) is 0. The van der Waals surface area contributed by atoms with Gasteiger partial charge in [-0.25, -0.2) is 19.9 Å². The van der Waals surface area contributed by atoms with Gasteiger partial charge < -0.3 is 4.57 Å². The second-order valence-corrected chi connectivity index (χ2v) is 10.4. The van der Waals surface area contributed by atoms with Crippen LogP contribution >= 0.6 is 0 Å². The molecule has 5 nitrogen and oxygen atoms in total. The molecular formula is C38H25N5. The zero-order chi connectivity index (χ0) is 28.6. The molecule has 5 aromatic carbocycles. The summed E-state index contributed by atoms with van der Waals surface area (Å²) in [4.78, 5) is 18.3. The average Bonchev–Trinajstić information content (AvgIpc) is 3.43. The lowest BCUT2D eigenvalue weighted by Crippen LogP contribution is -1.97. The minimum absolute atomic E-state index is 0.695. The van der Waals surface area contributed by atoms with Crippen molar-refractivity contribution in [2.24, 2.45) is 0 Å². The highest BCUT2D eigenvalue weighted by Crippen LogP contribution is 2.33. The highest BCUT2D eigenvalue weighted by atomic mass is 15.0. The van der Waals surface area contributed by atoms with Gasteiger partial charge in [0.2, 0.25) is 0 Å². The maximum atomic E-state index is 5.02. The van der Waals surface area contributed by atoms with Gasteiger partial charge in [-0.15, -0.1) is 0 Å². The third-order valence-corrected chi connectivity index (χ3v) is 7.83. The first-order valence-corrected chi connectivity index (χ1v) is 14.2. The van der Waals surface area contributed by atoms with Gasteiger partial charge in [0.05, 0.1) is 22.4 Å². The Morgan fingerprint density at radius 1 is 0.419 bits per heavy atom. The van der Waals surface area contributed by atoms with Crippen molar-refractivity contribution < 1.29 is 0 Å². The lowest BCUT2D eigenvalue weighted by Gasteiger charge is -2.12. The molecule has 5 heteroatoms. The third-order valence-electron chi connectivity index (χ3n) is 7.83. The summed E-state index contributed by atoms with van der Waals surface area (Å²) < 4.78 is 2.33. The fraction of sp³-hybridized carbons (Fsp3) is 0. The maximum Gasteiger partial charge on any atom is 0.160 e. The van der Waals surface area contributed by atoms with E-state index in [0.717, 1.165) is 44.9 Å². The van der Waals surface area contributed by atoms with Crippen LogP contribution in [0.15, 0.2) is 152 Å². The Kier molecular flexibility index (Phi) is 6.05. The summed E-state index contributed by atoms with van der Waals surface area (Å²) in [5.74, 6) is 0.695. The van der Waals surface area contributed by atoms with Crippen molar-refractivity contribution in [2.75, 3.05) is 0 Å². The third kappa shape index (κ3) is 4.53. The van der Waals surface area contributed by atoms with Crippen molar-refractivity contribution in [1.82, 2.24) is 24.5 Å². The first-order valence-electron chi connectivity index (χ1n) is 14.2. The number of aromatic nitrogens is 5. The molecule has 0 radical (unpaired) electrons. The number of fused-ring (bicyclic) bond motifs is 3. The van der Waals surface area contributed by atoms with Crippen LogP contribution in [0.4, 0.5) is 0 Å². The molecule has 0 unspecified atom stereocenters. The van der Waals surface area contributed by atoms with Crippen LogP contribution in [0.3, 0.4) is 0 Å². The van der Waals surface area contributed by atoms with Crippen LogP contribution in [0.2, 0.25) is 0 Å². The Hall–Kier alpha value is -5.94. The summed E-state index contributed by atoms with van der Waals surface area (Å²) in [5, 5.41) is 2.50. The number of hydrogen-bond acceptors (Lipinski definition) is 4. The summed E-state index contributed by atoms with van der Waals surface area (Å²) in [5.41, 5.74) is 10.3. The molecule has 0 atom stereocenters. The molecule has 8 rings (SSSR count). The van der Waals surface area contributed by atoms with Crippen molar-refractivity contribution in [1.29, 1.82) is 0 Å². The van der Waals surface area contributed by atoms with Crippen molar-refractivity contribution in [3.63, 3.8) is 0 Å². The van der Waals surface area contributed by atoms with Gasteiger partial charge in [-0.05, 0) is 35.9 Å². The van der Waals surface area contributed by atoms with E-state index < -0.39 is 0 Å². The van der Waals surface area contributed by atoms with Crippen LogP contribution < -0.4 is 0 Å². The molecule has 0 saturated carbocycles. The molecular weight excluding hydrogens is 526 g/mol. The van der Waals surface area contributed by atoms with Crippen LogP contribution in [0.25, 0.3) is 72.5 Å². The summed E-state index contributed by atoms with van der Waals surface area (Å²) in [6, 6.07) is 46.4. The number of nitrogens with zero attached hydrogens (tertiary/aromatic N) is 5. The number of hydrogen-bond donors (Lipinski definition) is 0. The number of para-hydroxylation sites is 2. The Morgan fingerprint density at radius 3 is 1.53 bits per heavy atom.